The molecule has 1 unspecified atom stereocenters. The van der Waals surface area contributed by atoms with Gasteiger partial charge in [-0.1, -0.05) is 138 Å². The van der Waals surface area contributed by atoms with Crippen LogP contribution in [0.2, 0.25) is 0 Å². The van der Waals surface area contributed by atoms with Crippen LogP contribution in [0.25, 0.3) is 0 Å². The van der Waals surface area contributed by atoms with Crippen molar-refractivity contribution in [1.82, 2.24) is 5.32 Å². The zero-order valence-electron chi connectivity index (χ0n) is 24.9. The average molecular weight is 428 g/mol. The van der Waals surface area contributed by atoms with Crippen LogP contribution in [0.3, 0.4) is 0 Å². The second-order valence-electron chi connectivity index (χ2n) is 5.24. The van der Waals surface area contributed by atoms with Crippen molar-refractivity contribution in [3.05, 3.63) is 47.2 Å². The molecule has 0 saturated carbocycles. The van der Waals surface area contributed by atoms with Gasteiger partial charge in [-0.15, -0.1) is 0 Å². The van der Waals surface area contributed by atoms with Crippen LogP contribution >= 0.6 is 0 Å². The summed E-state index contributed by atoms with van der Waals surface area (Å²) in [6.45, 7) is 42.1. The van der Waals surface area contributed by atoms with Gasteiger partial charge in [-0.05, 0) is 34.6 Å². The molecule has 0 aliphatic heterocycles. The maximum atomic E-state index is 4.08. The number of allylic oxidation sites excluding steroid dienone is 6. The normalized spacial score (nSPS) is 10.5. The third-order valence-corrected chi connectivity index (χ3v) is 3.07. The molecule has 0 amide bonds. The lowest BCUT2D eigenvalue weighted by molar-refractivity contribution is 0.689. The van der Waals surface area contributed by atoms with E-state index in [1.165, 1.54) is 23.1 Å². The van der Waals surface area contributed by atoms with Gasteiger partial charge < -0.3 is 5.32 Å². The van der Waals surface area contributed by atoms with E-state index >= 15 is 0 Å². The van der Waals surface area contributed by atoms with Gasteiger partial charge in [0, 0.05) is 18.2 Å². The van der Waals surface area contributed by atoms with Crippen LogP contribution in [0.5, 0.6) is 0 Å². The lowest BCUT2D eigenvalue weighted by Crippen LogP contribution is -2.18. The summed E-state index contributed by atoms with van der Waals surface area (Å²) >= 11 is 0. The number of hydrogen-bond acceptors (Lipinski definition) is 1. The van der Waals surface area contributed by atoms with Crippen LogP contribution in [-0.2, 0) is 0 Å². The van der Waals surface area contributed by atoms with Crippen LogP contribution in [0.15, 0.2) is 47.2 Å². The Balaban J connectivity index is -0.0000000682. The third-order valence-electron chi connectivity index (χ3n) is 3.07. The zero-order valence-corrected chi connectivity index (χ0v) is 24.9. The average Bonchev–Trinajstić information content (AvgIpc) is 2.80. The molecular formula is C29H65N. The highest BCUT2D eigenvalue weighted by Gasteiger charge is 2.09. The SMILES string of the molecule is C=C(NCC)C(C)/C(C)=C(C)/C=C(C)\C=C/C.CC.CC.CC.CC.CC.CCC. The van der Waals surface area contributed by atoms with Crippen LogP contribution in [-0.4, -0.2) is 6.54 Å². The number of nitrogens with one attached hydrogen (secondary N) is 1. The topological polar surface area (TPSA) is 12.0 Å². The van der Waals surface area contributed by atoms with E-state index in [1.807, 2.05) is 76.2 Å². The van der Waals surface area contributed by atoms with Crippen molar-refractivity contribution in [3.63, 3.8) is 0 Å². The van der Waals surface area contributed by atoms with E-state index < -0.39 is 0 Å². The Morgan fingerprint density at radius 2 is 1.13 bits per heavy atom. The van der Waals surface area contributed by atoms with Crippen molar-refractivity contribution in [1.29, 1.82) is 0 Å². The van der Waals surface area contributed by atoms with Crippen molar-refractivity contribution >= 4 is 0 Å². The molecule has 1 heteroatoms. The first kappa shape index (κ1) is 46.8. The van der Waals surface area contributed by atoms with Gasteiger partial charge in [0.2, 0.25) is 0 Å². The minimum Gasteiger partial charge on any atom is -0.389 e. The molecule has 0 aromatic rings. The first-order valence-electron chi connectivity index (χ1n) is 12.8. The Kier molecular flexibility index (Phi) is 79.4. The van der Waals surface area contributed by atoms with Gasteiger partial charge in [0.15, 0.2) is 0 Å². The highest BCUT2D eigenvalue weighted by atomic mass is 14.9. The van der Waals surface area contributed by atoms with E-state index in [-0.39, 0.29) is 0 Å². The smallest absolute Gasteiger partial charge is 0.0165 e. The zero-order chi connectivity index (χ0) is 26.1. The first-order valence-corrected chi connectivity index (χ1v) is 12.8. The van der Waals surface area contributed by atoms with Crippen molar-refractivity contribution in [2.75, 3.05) is 6.54 Å². The largest absolute Gasteiger partial charge is 0.389 e. The lowest BCUT2D eigenvalue weighted by atomic mass is 9.94. The molecule has 1 nitrogen and oxygen atoms in total. The fourth-order valence-corrected chi connectivity index (χ4v) is 1.75. The van der Waals surface area contributed by atoms with Gasteiger partial charge in [-0.25, -0.2) is 0 Å². The summed E-state index contributed by atoms with van der Waals surface area (Å²) in [6.07, 6.45) is 7.67. The summed E-state index contributed by atoms with van der Waals surface area (Å²) in [5.41, 5.74) is 5.08. The summed E-state index contributed by atoms with van der Waals surface area (Å²) in [6, 6.07) is 0. The van der Waals surface area contributed by atoms with Crippen molar-refractivity contribution in [2.45, 2.75) is 131 Å². The molecule has 1 atom stereocenters. The van der Waals surface area contributed by atoms with Crippen LogP contribution in [0, 0.1) is 5.92 Å². The predicted octanol–water partition coefficient (Wildman–Crippen LogP) is 11.2. The Morgan fingerprint density at radius 3 is 1.40 bits per heavy atom. The lowest BCUT2D eigenvalue weighted by Gasteiger charge is -2.18. The van der Waals surface area contributed by atoms with E-state index in [2.05, 4.69) is 78.6 Å². The molecule has 0 bridgehead atoms. The van der Waals surface area contributed by atoms with E-state index in [1.54, 1.807) is 0 Å². The van der Waals surface area contributed by atoms with E-state index in [0.717, 1.165) is 12.2 Å². The van der Waals surface area contributed by atoms with Gasteiger partial charge in [0.05, 0.1) is 0 Å². The highest BCUT2D eigenvalue weighted by Crippen LogP contribution is 2.21. The first-order chi connectivity index (χ1) is 14.3. The Bertz CT molecular complexity index is 357. The highest BCUT2D eigenvalue weighted by molar-refractivity contribution is 5.33. The van der Waals surface area contributed by atoms with Crippen molar-refractivity contribution in [2.24, 2.45) is 5.92 Å². The van der Waals surface area contributed by atoms with Gasteiger partial charge >= 0.3 is 0 Å². The summed E-state index contributed by atoms with van der Waals surface area (Å²) in [7, 11) is 0. The molecule has 0 aliphatic rings. The molecule has 0 radical (unpaired) electrons. The summed E-state index contributed by atoms with van der Waals surface area (Å²) in [4.78, 5) is 0. The molecule has 0 aliphatic carbocycles. The monoisotopic (exact) mass is 428 g/mol. The predicted molar refractivity (Wildman–Crippen MR) is 152 cm³/mol. The van der Waals surface area contributed by atoms with Gasteiger partial charge in [-0.3, -0.25) is 0 Å². The number of hydrogen-bond donors (Lipinski definition) is 1. The van der Waals surface area contributed by atoms with Gasteiger partial charge in [0.25, 0.3) is 0 Å². The maximum Gasteiger partial charge on any atom is 0.0165 e. The fraction of sp³-hybridized carbons (Fsp3) is 0.724. The molecular weight excluding hydrogens is 362 g/mol. The van der Waals surface area contributed by atoms with Crippen LogP contribution < -0.4 is 5.32 Å². The summed E-state index contributed by atoms with van der Waals surface area (Å²) in [5.74, 6) is 0.379. The fourth-order valence-electron chi connectivity index (χ4n) is 1.75. The molecule has 0 aromatic carbocycles. The third kappa shape index (κ3) is 41.2. The summed E-state index contributed by atoms with van der Waals surface area (Å²) < 4.78 is 0. The minimum atomic E-state index is 0.379. The molecule has 0 saturated heterocycles. The molecule has 0 aromatic heterocycles. The van der Waals surface area contributed by atoms with Gasteiger partial charge in [-0.2, -0.15) is 0 Å². The molecule has 0 spiro atoms. The molecule has 0 heterocycles. The molecule has 30 heavy (non-hydrogen) atoms. The van der Waals surface area contributed by atoms with Crippen molar-refractivity contribution in [3.8, 4) is 0 Å². The Labute approximate surface area is 196 Å². The maximum absolute atomic E-state index is 4.08. The Morgan fingerprint density at radius 1 is 0.800 bits per heavy atom. The quantitative estimate of drug-likeness (QED) is 0.415. The number of rotatable bonds is 6. The standard InChI is InChI=1S/C16H27N.C3H8.5C2H6/c1-8-10-12(3)11-13(4)14(5)15(6)16(7)17-9-2;1-3-2;5*1-2/h8,10-11,15,17H,7,9H2,1-6H3;3H2,1-2H3;5*1-2H3/b10-8-,12-11-,14-13+;;;;;;. The second kappa shape index (κ2) is 50.9. The molecule has 0 fully saturated rings. The van der Waals surface area contributed by atoms with E-state index in [4.69, 9.17) is 0 Å². The molecule has 0 rings (SSSR count). The second-order valence-corrected chi connectivity index (χ2v) is 5.24. The van der Waals surface area contributed by atoms with Crippen LogP contribution in [0.1, 0.15) is 131 Å². The van der Waals surface area contributed by atoms with E-state index in [0.29, 0.717) is 5.92 Å². The van der Waals surface area contributed by atoms with Crippen molar-refractivity contribution < 1.29 is 0 Å². The summed E-state index contributed by atoms with van der Waals surface area (Å²) in [5, 5.41) is 3.30. The molecule has 1 N–H and O–H groups in total. The Hall–Kier alpha value is -1.24. The van der Waals surface area contributed by atoms with Crippen LogP contribution in [0.4, 0.5) is 0 Å². The van der Waals surface area contributed by atoms with E-state index in [9.17, 15) is 0 Å². The minimum absolute atomic E-state index is 0.379. The molecule has 186 valence electrons. The van der Waals surface area contributed by atoms with Gasteiger partial charge in [0.1, 0.15) is 0 Å².